The van der Waals surface area contributed by atoms with Gasteiger partial charge in [-0.05, 0) is 47.5 Å². The van der Waals surface area contributed by atoms with Crippen molar-refractivity contribution in [2.45, 2.75) is 26.7 Å². The molecule has 8 heteroatoms. The topological polar surface area (TPSA) is 134 Å². The molecule has 8 nitrogen and oxygen atoms in total. The van der Waals surface area contributed by atoms with Gasteiger partial charge >= 0.3 is 11.9 Å². The maximum Gasteiger partial charge on any atom is 0.310 e. The number of esters is 2. The van der Waals surface area contributed by atoms with E-state index in [0.29, 0.717) is 22.6 Å². The van der Waals surface area contributed by atoms with Crippen LogP contribution in [-0.2, 0) is 9.59 Å². The predicted octanol–water partition coefficient (Wildman–Crippen LogP) is 3.79. The van der Waals surface area contributed by atoms with Crippen LogP contribution in [-0.4, -0.2) is 45.6 Å². The van der Waals surface area contributed by atoms with E-state index in [4.69, 9.17) is 9.47 Å². The van der Waals surface area contributed by atoms with Gasteiger partial charge in [0.05, 0.1) is 13.2 Å². The first-order chi connectivity index (χ1) is 15.8. The normalized spacial score (nSPS) is 12.4. The molecule has 0 aliphatic rings. The second-order valence-electron chi connectivity index (χ2n) is 7.25. The van der Waals surface area contributed by atoms with Gasteiger partial charge in [-0.1, -0.05) is 38.1 Å². The number of ether oxygens (including phenoxy) is 2. The van der Waals surface area contributed by atoms with Gasteiger partial charge in [0, 0.05) is 12.8 Å². The molecule has 0 bridgehead atoms. The van der Waals surface area contributed by atoms with E-state index in [9.17, 15) is 30.0 Å². The van der Waals surface area contributed by atoms with E-state index >= 15 is 0 Å². The van der Waals surface area contributed by atoms with Gasteiger partial charge in [0.25, 0.3) is 0 Å². The van der Waals surface area contributed by atoms with Crippen molar-refractivity contribution in [3.63, 3.8) is 0 Å². The standard InChI is InChI=1S/C25H28O8/c1-3-23(30)32-19-9-5-17(6-10-19)13-21(28)25(15-26,16-27)22(29)14-18-7-11-20(12-8-18)33-24(31)4-2/h5-14,26-29H,3-4,15-16H2,1-2H3. The van der Waals surface area contributed by atoms with Crippen molar-refractivity contribution in [1.29, 1.82) is 0 Å². The molecule has 2 rings (SSSR count). The lowest BCUT2D eigenvalue weighted by molar-refractivity contribution is -0.134. The van der Waals surface area contributed by atoms with Crippen molar-refractivity contribution in [3.05, 3.63) is 71.2 Å². The van der Waals surface area contributed by atoms with Crippen molar-refractivity contribution in [2.24, 2.45) is 5.41 Å². The van der Waals surface area contributed by atoms with Crippen LogP contribution >= 0.6 is 0 Å². The Bertz CT molecular complexity index is 920. The van der Waals surface area contributed by atoms with Crippen molar-refractivity contribution in [2.75, 3.05) is 13.2 Å². The molecule has 2 aromatic rings. The fourth-order valence-corrected chi connectivity index (χ4v) is 2.77. The molecule has 0 unspecified atom stereocenters. The first kappa shape index (κ1) is 25.6. The van der Waals surface area contributed by atoms with Gasteiger partial charge in [0.1, 0.15) is 28.4 Å². The van der Waals surface area contributed by atoms with Gasteiger partial charge in [-0.3, -0.25) is 9.59 Å². The van der Waals surface area contributed by atoms with Crippen molar-refractivity contribution < 1.29 is 39.5 Å². The molecule has 33 heavy (non-hydrogen) atoms. The molecule has 0 saturated carbocycles. The van der Waals surface area contributed by atoms with Crippen LogP contribution in [0.25, 0.3) is 12.2 Å². The first-order valence-electron chi connectivity index (χ1n) is 10.4. The highest BCUT2D eigenvalue weighted by atomic mass is 16.5. The van der Waals surface area contributed by atoms with Crippen LogP contribution in [0.5, 0.6) is 11.5 Å². The highest BCUT2D eigenvalue weighted by Crippen LogP contribution is 2.35. The number of aliphatic hydroxyl groups excluding tert-OH is 4. The molecule has 0 amide bonds. The quantitative estimate of drug-likeness (QED) is 0.241. The Morgan fingerprint density at radius 2 is 1.06 bits per heavy atom. The zero-order valence-electron chi connectivity index (χ0n) is 18.5. The molecule has 0 aromatic heterocycles. The largest absolute Gasteiger partial charge is 0.511 e. The number of carbonyl (C=O) groups excluding carboxylic acids is 2. The fraction of sp³-hybridized carbons (Fsp3) is 0.280. The summed E-state index contributed by atoms with van der Waals surface area (Å²) in [7, 11) is 0. The second kappa shape index (κ2) is 11.8. The van der Waals surface area contributed by atoms with Gasteiger partial charge in [0.2, 0.25) is 0 Å². The zero-order valence-corrected chi connectivity index (χ0v) is 18.5. The van der Waals surface area contributed by atoms with Crippen LogP contribution in [0.3, 0.4) is 0 Å². The Kier molecular flexibility index (Phi) is 9.20. The maximum absolute atomic E-state index is 11.4. The third-order valence-corrected chi connectivity index (χ3v) is 4.93. The minimum Gasteiger partial charge on any atom is -0.511 e. The Morgan fingerprint density at radius 3 is 1.33 bits per heavy atom. The van der Waals surface area contributed by atoms with Gasteiger partial charge in [-0.25, -0.2) is 0 Å². The minimum atomic E-state index is -1.85. The molecule has 0 saturated heterocycles. The Morgan fingerprint density at radius 1 is 0.727 bits per heavy atom. The van der Waals surface area contributed by atoms with Crippen LogP contribution < -0.4 is 9.47 Å². The Hall–Kier alpha value is -3.62. The molecular weight excluding hydrogens is 428 g/mol. The Labute approximate surface area is 192 Å². The van der Waals surface area contributed by atoms with Crippen LogP contribution in [0.2, 0.25) is 0 Å². The third-order valence-electron chi connectivity index (χ3n) is 4.93. The second-order valence-corrected chi connectivity index (χ2v) is 7.25. The number of aliphatic hydroxyl groups is 4. The van der Waals surface area contributed by atoms with Crippen molar-refractivity contribution in [1.82, 2.24) is 0 Å². The lowest BCUT2D eigenvalue weighted by Crippen LogP contribution is -2.34. The van der Waals surface area contributed by atoms with Crippen molar-refractivity contribution in [3.8, 4) is 11.5 Å². The van der Waals surface area contributed by atoms with E-state index in [1.54, 1.807) is 38.1 Å². The number of benzene rings is 2. The Balaban J connectivity index is 2.28. The van der Waals surface area contributed by atoms with Gasteiger partial charge in [-0.15, -0.1) is 0 Å². The zero-order chi connectivity index (χ0) is 24.4. The number of carbonyl (C=O) groups is 2. The summed E-state index contributed by atoms with van der Waals surface area (Å²) in [6.07, 6.45) is 3.04. The number of hydrogen-bond donors (Lipinski definition) is 4. The number of rotatable bonds is 10. The van der Waals surface area contributed by atoms with E-state index in [-0.39, 0.29) is 24.8 Å². The van der Waals surface area contributed by atoms with Crippen LogP contribution in [0.4, 0.5) is 0 Å². The van der Waals surface area contributed by atoms with Crippen molar-refractivity contribution >= 4 is 24.1 Å². The molecule has 0 radical (unpaired) electrons. The molecule has 0 aliphatic carbocycles. The predicted molar refractivity (Wildman–Crippen MR) is 123 cm³/mol. The highest BCUT2D eigenvalue weighted by Gasteiger charge is 2.38. The molecule has 0 aliphatic heterocycles. The smallest absolute Gasteiger partial charge is 0.310 e. The summed E-state index contributed by atoms with van der Waals surface area (Å²) >= 11 is 0. The average Bonchev–Trinajstić information content (AvgIpc) is 2.82. The summed E-state index contributed by atoms with van der Waals surface area (Å²) in [4.78, 5) is 22.7. The third kappa shape index (κ3) is 6.68. The lowest BCUT2D eigenvalue weighted by Gasteiger charge is -2.28. The molecule has 4 N–H and O–H groups in total. The molecule has 176 valence electrons. The molecule has 2 aromatic carbocycles. The summed E-state index contributed by atoms with van der Waals surface area (Å²) in [5.74, 6) is -1.02. The number of hydrogen-bond acceptors (Lipinski definition) is 8. The molecule has 0 heterocycles. The summed E-state index contributed by atoms with van der Waals surface area (Å²) < 4.78 is 10.2. The molecule has 0 spiro atoms. The van der Waals surface area contributed by atoms with E-state index in [2.05, 4.69) is 0 Å². The molecular formula is C25H28O8. The minimum absolute atomic E-state index is 0.232. The summed E-state index contributed by atoms with van der Waals surface area (Å²) in [6.45, 7) is 1.81. The first-order valence-corrected chi connectivity index (χ1v) is 10.4. The van der Waals surface area contributed by atoms with E-state index in [1.165, 1.54) is 36.4 Å². The van der Waals surface area contributed by atoms with Gasteiger partial charge in [0.15, 0.2) is 0 Å². The SMILES string of the molecule is CCC(=O)Oc1ccc(C=C(O)C(CO)(CO)C(O)=Cc2ccc(OC(=O)CC)cc2)cc1. The average molecular weight is 456 g/mol. The van der Waals surface area contributed by atoms with E-state index < -0.39 is 30.1 Å². The van der Waals surface area contributed by atoms with Gasteiger partial charge < -0.3 is 29.9 Å². The summed E-state index contributed by atoms with van der Waals surface area (Å²) in [5, 5.41) is 41.2. The maximum atomic E-state index is 11.4. The summed E-state index contributed by atoms with van der Waals surface area (Å²) in [5.41, 5.74) is -0.865. The molecule has 0 fully saturated rings. The van der Waals surface area contributed by atoms with Crippen LogP contribution in [0, 0.1) is 5.41 Å². The van der Waals surface area contributed by atoms with Gasteiger partial charge in [-0.2, -0.15) is 0 Å². The monoisotopic (exact) mass is 456 g/mol. The van der Waals surface area contributed by atoms with Crippen LogP contribution in [0.15, 0.2) is 60.0 Å². The van der Waals surface area contributed by atoms with Crippen LogP contribution in [0.1, 0.15) is 37.8 Å². The lowest BCUT2D eigenvalue weighted by atomic mass is 9.83. The highest BCUT2D eigenvalue weighted by molar-refractivity contribution is 5.72. The van der Waals surface area contributed by atoms with E-state index in [0.717, 1.165) is 0 Å². The summed E-state index contributed by atoms with van der Waals surface area (Å²) in [6, 6.07) is 12.4. The van der Waals surface area contributed by atoms with E-state index in [1.807, 2.05) is 0 Å². The molecule has 0 atom stereocenters. The fourth-order valence-electron chi connectivity index (χ4n) is 2.77.